The van der Waals surface area contributed by atoms with Gasteiger partial charge in [0.25, 0.3) is 0 Å². The Kier molecular flexibility index (Phi) is 6.29. The maximum atomic E-state index is 13.0. The number of benzene rings is 2. The molecular formula is C19H16B3F6NO5S. The second kappa shape index (κ2) is 8.28. The molecule has 2 aromatic rings. The molecule has 1 aliphatic rings. The zero-order valence-corrected chi connectivity index (χ0v) is 19.2. The smallest absolute Gasteiger partial charge is 0.416 e. The van der Waals surface area contributed by atoms with E-state index in [-0.39, 0.29) is 11.1 Å². The summed E-state index contributed by atoms with van der Waals surface area (Å²) in [4.78, 5) is 13.0. The molecule has 16 heteroatoms. The third-order valence-corrected chi connectivity index (χ3v) is 7.54. The predicted molar refractivity (Wildman–Crippen MR) is 119 cm³/mol. The minimum atomic E-state index is -4.74. The number of carbonyl (C=O) groups is 1. The Morgan fingerprint density at radius 2 is 1.23 bits per heavy atom. The molecule has 0 fully saturated rings. The number of nitrogens with two attached hydrogens (primary N) is 1. The number of carbonyl (C=O) groups excluding carboxylic acids is 1. The summed E-state index contributed by atoms with van der Waals surface area (Å²) < 4.78 is 111. The van der Waals surface area contributed by atoms with E-state index >= 15 is 0 Å². The number of ether oxygens (including phenoxy) is 1. The van der Waals surface area contributed by atoms with Gasteiger partial charge in [0.2, 0.25) is 17.4 Å². The van der Waals surface area contributed by atoms with E-state index in [2.05, 4.69) is 0 Å². The molecule has 1 aliphatic heterocycles. The number of rotatable bonds is 5. The lowest BCUT2D eigenvalue weighted by molar-refractivity contribution is -0.138. The van der Waals surface area contributed by atoms with Crippen LogP contribution < -0.4 is 5.73 Å². The Labute approximate surface area is 198 Å². The Morgan fingerprint density at radius 3 is 1.66 bits per heavy atom. The van der Waals surface area contributed by atoms with Gasteiger partial charge in [-0.2, -0.15) is 34.8 Å². The van der Waals surface area contributed by atoms with Crippen molar-refractivity contribution in [3.63, 3.8) is 0 Å². The van der Waals surface area contributed by atoms with Crippen LogP contribution in [-0.2, 0) is 46.2 Å². The number of hydrogen-bond acceptors (Lipinski definition) is 6. The van der Waals surface area contributed by atoms with Crippen molar-refractivity contribution in [1.29, 1.82) is 0 Å². The Morgan fingerprint density at radius 1 is 0.829 bits per heavy atom. The Balaban J connectivity index is 1.89. The van der Waals surface area contributed by atoms with Crippen molar-refractivity contribution in [2.24, 2.45) is 5.73 Å². The molecule has 0 saturated heterocycles. The van der Waals surface area contributed by atoms with Crippen LogP contribution in [0.4, 0.5) is 26.3 Å². The number of Topliss-reactive ketones (excluding diaryl/α,β-unsaturated/α-hetero) is 1. The SMILES string of the molecule is BC1(c2ccc(C(F)(F)F)cc2)OC(N)=C(OS(=O)(=O)C(B)(B)c2ccc(C(F)(F)F)cc2)C1=O. The fraction of sp³-hybridized carbons (Fsp3) is 0.211. The molecule has 2 aromatic carbocycles. The van der Waals surface area contributed by atoms with Gasteiger partial charge < -0.3 is 14.7 Å². The quantitative estimate of drug-likeness (QED) is 0.356. The standard InChI is InChI=1S/C19H16B3F6NO5S/c20-16(9-1-5-11(6-2-9)18(23,24)25)14(30)13(15(29)33-16)34-35(31,32)17(21,22)10-3-7-12(8-4-10)19(26,27)28/h1-8H,20-22,29H2. The van der Waals surface area contributed by atoms with Gasteiger partial charge in [0.05, 0.1) is 15.7 Å². The molecule has 184 valence electrons. The molecule has 0 aliphatic carbocycles. The number of ketones is 1. The minimum absolute atomic E-state index is 0.0450. The fourth-order valence-electron chi connectivity index (χ4n) is 3.31. The first-order chi connectivity index (χ1) is 15.8. The average Bonchev–Trinajstić information content (AvgIpc) is 2.96. The highest BCUT2D eigenvalue weighted by Gasteiger charge is 2.51. The lowest BCUT2D eigenvalue weighted by atomic mass is 9.65. The van der Waals surface area contributed by atoms with Crippen LogP contribution in [0.1, 0.15) is 22.3 Å². The normalized spacial score (nSPS) is 19.5. The van der Waals surface area contributed by atoms with Crippen molar-refractivity contribution in [2.45, 2.75) is 22.4 Å². The molecule has 1 unspecified atom stereocenters. The van der Waals surface area contributed by atoms with Gasteiger partial charge in [0.1, 0.15) is 15.7 Å². The van der Waals surface area contributed by atoms with Crippen molar-refractivity contribution < 1.29 is 48.5 Å². The molecule has 1 heterocycles. The third kappa shape index (κ3) is 4.75. The highest BCUT2D eigenvalue weighted by Crippen LogP contribution is 2.39. The van der Waals surface area contributed by atoms with Crippen molar-refractivity contribution in [1.82, 2.24) is 0 Å². The second-order valence-corrected chi connectivity index (χ2v) is 10.5. The molecule has 2 N–H and O–H groups in total. The number of hydrogen-bond donors (Lipinski definition) is 1. The van der Waals surface area contributed by atoms with Crippen LogP contribution in [0.5, 0.6) is 0 Å². The number of alkyl halides is 6. The van der Waals surface area contributed by atoms with Gasteiger partial charge in [-0.15, -0.1) is 0 Å². The van der Waals surface area contributed by atoms with E-state index in [9.17, 15) is 39.6 Å². The zero-order chi connectivity index (χ0) is 26.6. The van der Waals surface area contributed by atoms with E-state index in [1.54, 1.807) is 0 Å². The van der Waals surface area contributed by atoms with Crippen LogP contribution in [0, 0.1) is 0 Å². The van der Waals surface area contributed by atoms with Crippen LogP contribution in [-0.4, -0.2) is 37.7 Å². The molecule has 6 nitrogen and oxygen atoms in total. The molecule has 0 saturated carbocycles. The summed E-state index contributed by atoms with van der Waals surface area (Å²) in [5.41, 5.74) is 1.62. The first-order valence-electron chi connectivity index (χ1n) is 9.84. The highest BCUT2D eigenvalue weighted by atomic mass is 32.2. The van der Waals surface area contributed by atoms with Gasteiger partial charge in [-0.25, -0.2) is 0 Å². The van der Waals surface area contributed by atoms with Crippen molar-refractivity contribution >= 4 is 39.4 Å². The van der Waals surface area contributed by atoms with E-state index in [0.29, 0.717) is 12.1 Å². The largest absolute Gasteiger partial charge is 0.467 e. The fourth-order valence-corrected chi connectivity index (χ4v) is 4.32. The van der Waals surface area contributed by atoms with Gasteiger partial charge >= 0.3 is 22.5 Å². The summed E-state index contributed by atoms with van der Waals surface area (Å²) in [6.07, 6.45) is -9.25. The molecule has 35 heavy (non-hydrogen) atoms. The predicted octanol–water partition coefficient (Wildman–Crippen LogP) is 0.660. The van der Waals surface area contributed by atoms with Crippen LogP contribution in [0.25, 0.3) is 0 Å². The minimum Gasteiger partial charge on any atom is -0.467 e. The summed E-state index contributed by atoms with van der Waals surface area (Å²) in [7, 11) is -1.26. The Hall–Kier alpha value is -3.03. The van der Waals surface area contributed by atoms with Crippen LogP contribution in [0.3, 0.4) is 0 Å². The summed E-state index contributed by atoms with van der Waals surface area (Å²) in [6, 6.07) is 6.72. The van der Waals surface area contributed by atoms with Gasteiger partial charge in [-0.3, -0.25) is 4.79 Å². The molecular weight excluding hydrogens is 501 g/mol. The zero-order valence-electron chi connectivity index (χ0n) is 18.4. The molecule has 0 aromatic heterocycles. The lowest BCUT2D eigenvalue weighted by Crippen LogP contribution is -2.40. The second-order valence-electron chi connectivity index (χ2n) is 8.36. The van der Waals surface area contributed by atoms with Crippen molar-refractivity contribution in [3.8, 4) is 0 Å². The van der Waals surface area contributed by atoms with E-state index < -0.39 is 61.1 Å². The maximum absolute atomic E-state index is 13.0. The van der Waals surface area contributed by atoms with Crippen LogP contribution in [0.2, 0.25) is 0 Å². The van der Waals surface area contributed by atoms with Crippen molar-refractivity contribution in [3.05, 3.63) is 82.4 Å². The van der Waals surface area contributed by atoms with Gasteiger partial charge in [0, 0.05) is 0 Å². The summed E-state index contributed by atoms with van der Waals surface area (Å²) >= 11 is 0. The summed E-state index contributed by atoms with van der Waals surface area (Å²) in [5.74, 6) is -2.68. The topological polar surface area (TPSA) is 95.7 Å². The van der Waals surface area contributed by atoms with Crippen LogP contribution >= 0.6 is 0 Å². The molecule has 1 atom stereocenters. The van der Waals surface area contributed by atoms with E-state index in [4.69, 9.17) is 14.7 Å². The molecule has 0 radical (unpaired) electrons. The first-order valence-corrected chi connectivity index (χ1v) is 11.2. The van der Waals surface area contributed by atoms with Crippen molar-refractivity contribution in [2.75, 3.05) is 0 Å². The summed E-state index contributed by atoms with van der Waals surface area (Å²) in [6.45, 7) is 0. The average molecular weight is 517 g/mol. The van der Waals surface area contributed by atoms with Gasteiger partial charge in [-0.1, -0.05) is 24.3 Å². The van der Waals surface area contributed by atoms with E-state index in [0.717, 1.165) is 52.1 Å². The summed E-state index contributed by atoms with van der Waals surface area (Å²) in [5, 5.41) is 0. The molecule has 3 rings (SSSR count). The lowest BCUT2D eigenvalue weighted by Gasteiger charge is -2.26. The molecule has 0 amide bonds. The first kappa shape index (κ1) is 26.6. The molecule has 0 bridgehead atoms. The highest BCUT2D eigenvalue weighted by molar-refractivity contribution is 7.90. The third-order valence-electron chi connectivity index (χ3n) is 5.67. The van der Waals surface area contributed by atoms with Gasteiger partial charge in [0.15, 0.2) is 13.3 Å². The Bertz CT molecular complexity index is 1290. The van der Waals surface area contributed by atoms with E-state index in [1.165, 1.54) is 7.85 Å². The monoisotopic (exact) mass is 517 g/mol. The molecule has 0 spiro atoms. The van der Waals surface area contributed by atoms with Gasteiger partial charge in [-0.05, 0) is 35.4 Å². The van der Waals surface area contributed by atoms with E-state index in [1.807, 2.05) is 0 Å². The van der Waals surface area contributed by atoms with Crippen LogP contribution in [0.15, 0.2) is 60.2 Å². The number of halogens is 6. The maximum Gasteiger partial charge on any atom is 0.416 e.